The van der Waals surface area contributed by atoms with Gasteiger partial charge in [0.1, 0.15) is 5.75 Å². The van der Waals surface area contributed by atoms with Crippen LogP contribution in [0.25, 0.3) is 0 Å². The summed E-state index contributed by atoms with van der Waals surface area (Å²) in [6, 6.07) is 4.94. The van der Waals surface area contributed by atoms with Gasteiger partial charge in [0.25, 0.3) is 0 Å². The zero-order valence-corrected chi connectivity index (χ0v) is 10.7. The van der Waals surface area contributed by atoms with Crippen molar-refractivity contribution in [2.45, 2.75) is 26.3 Å². The predicted molar refractivity (Wildman–Crippen MR) is 69.5 cm³/mol. The SMILES string of the molecule is CC(C)NCCC(=O)Nc1ccc(O)c(Cl)c1. The monoisotopic (exact) mass is 256 g/mol. The van der Waals surface area contributed by atoms with Crippen LogP contribution in [0.2, 0.25) is 5.02 Å². The second-order valence-corrected chi connectivity index (χ2v) is 4.48. The Morgan fingerprint density at radius 3 is 2.76 bits per heavy atom. The number of carbonyl (C=O) groups is 1. The Labute approximate surface area is 106 Å². The lowest BCUT2D eigenvalue weighted by molar-refractivity contribution is -0.116. The molecular formula is C12H17ClN2O2. The second kappa shape index (κ2) is 6.47. The zero-order valence-electron chi connectivity index (χ0n) is 9.96. The number of aromatic hydroxyl groups is 1. The summed E-state index contributed by atoms with van der Waals surface area (Å²) in [6.07, 6.45) is 0.399. The molecular weight excluding hydrogens is 240 g/mol. The molecule has 3 N–H and O–H groups in total. The van der Waals surface area contributed by atoms with Crippen molar-refractivity contribution in [1.29, 1.82) is 0 Å². The minimum atomic E-state index is -0.0834. The molecule has 1 aromatic rings. The number of phenols is 1. The smallest absolute Gasteiger partial charge is 0.225 e. The first-order valence-electron chi connectivity index (χ1n) is 5.51. The van der Waals surface area contributed by atoms with E-state index in [1.165, 1.54) is 12.1 Å². The number of benzene rings is 1. The molecule has 0 aromatic heterocycles. The number of anilines is 1. The molecule has 1 aromatic carbocycles. The van der Waals surface area contributed by atoms with Crippen molar-refractivity contribution >= 4 is 23.2 Å². The Kier molecular flexibility index (Phi) is 5.25. The van der Waals surface area contributed by atoms with Crippen LogP contribution in [0.15, 0.2) is 18.2 Å². The number of phenolic OH excluding ortho intramolecular Hbond substituents is 1. The lowest BCUT2D eigenvalue weighted by Gasteiger charge is -2.09. The number of carbonyl (C=O) groups excluding carboxylic acids is 1. The van der Waals surface area contributed by atoms with Crippen molar-refractivity contribution in [3.8, 4) is 5.75 Å². The fourth-order valence-electron chi connectivity index (χ4n) is 1.28. The van der Waals surface area contributed by atoms with E-state index in [2.05, 4.69) is 10.6 Å². The van der Waals surface area contributed by atoms with Gasteiger partial charge in [-0.1, -0.05) is 25.4 Å². The highest BCUT2D eigenvalue weighted by Crippen LogP contribution is 2.25. The Morgan fingerprint density at radius 2 is 2.18 bits per heavy atom. The molecule has 0 unspecified atom stereocenters. The van der Waals surface area contributed by atoms with Gasteiger partial charge in [-0.25, -0.2) is 0 Å². The molecule has 0 atom stereocenters. The summed E-state index contributed by atoms with van der Waals surface area (Å²) >= 11 is 5.73. The van der Waals surface area contributed by atoms with Crippen LogP contribution in [-0.2, 0) is 4.79 Å². The molecule has 0 fully saturated rings. The summed E-state index contributed by atoms with van der Waals surface area (Å²) in [4.78, 5) is 11.5. The van der Waals surface area contributed by atoms with Crippen molar-refractivity contribution in [1.82, 2.24) is 5.32 Å². The Morgan fingerprint density at radius 1 is 1.47 bits per heavy atom. The highest BCUT2D eigenvalue weighted by atomic mass is 35.5. The first-order chi connectivity index (χ1) is 7.99. The summed E-state index contributed by atoms with van der Waals surface area (Å²) in [5, 5.41) is 15.3. The molecule has 0 spiro atoms. The van der Waals surface area contributed by atoms with Gasteiger partial charge < -0.3 is 15.7 Å². The molecule has 4 nitrogen and oxygen atoms in total. The van der Waals surface area contributed by atoms with Gasteiger partial charge in [-0.15, -0.1) is 0 Å². The van der Waals surface area contributed by atoms with Crippen LogP contribution in [0.4, 0.5) is 5.69 Å². The van der Waals surface area contributed by atoms with Gasteiger partial charge in [0.05, 0.1) is 5.02 Å². The van der Waals surface area contributed by atoms with Crippen molar-refractivity contribution in [3.05, 3.63) is 23.2 Å². The van der Waals surface area contributed by atoms with Crippen molar-refractivity contribution in [2.24, 2.45) is 0 Å². The largest absolute Gasteiger partial charge is 0.506 e. The normalized spacial score (nSPS) is 10.6. The highest BCUT2D eigenvalue weighted by molar-refractivity contribution is 6.32. The van der Waals surface area contributed by atoms with Crippen LogP contribution in [0.3, 0.4) is 0 Å². The summed E-state index contributed by atoms with van der Waals surface area (Å²) in [5.41, 5.74) is 0.586. The van der Waals surface area contributed by atoms with E-state index in [0.717, 1.165) is 0 Å². The van der Waals surface area contributed by atoms with Gasteiger partial charge in [0.15, 0.2) is 0 Å². The number of hydrogen-bond donors (Lipinski definition) is 3. The summed E-state index contributed by atoms with van der Waals surface area (Å²) < 4.78 is 0. The Hall–Kier alpha value is -1.26. The molecule has 0 heterocycles. The van der Waals surface area contributed by atoms with Crippen molar-refractivity contribution < 1.29 is 9.90 Å². The molecule has 5 heteroatoms. The molecule has 17 heavy (non-hydrogen) atoms. The summed E-state index contributed by atoms with van der Waals surface area (Å²) in [5.74, 6) is -0.0777. The van der Waals surface area contributed by atoms with Crippen LogP contribution < -0.4 is 10.6 Å². The Bertz CT molecular complexity index is 394. The molecule has 0 aliphatic heterocycles. The summed E-state index contributed by atoms with van der Waals surface area (Å²) in [7, 11) is 0. The number of halogens is 1. The maximum absolute atomic E-state index is 11.5. The first kappa shape index (κ1) is 13.8. The van der Waals surface area contributed by atoms with Crippen molar-refractivity contribution in [2.75, 3.05) is 11.9 Å². The minimum Gasteiger partial charge on any atom is -0.506 e. The van der Waals surface area contributed by atoms with Gasteiger partial charge in [0, 0.05) is 24.7 Å². The number of rotatable bonds is 5. The zero-order chi connectivity index (χ0) is 12.8. The Balaban J connectivity index is 2.42. The lowest BCUT2D eigenvalue weighted by Crippen LogP contribution is -2.27. The minimum absolute atomic E-state index is 0.00569. The van der Waals surface area contributed by atoms with Gasteiger partial charge in [-0.3, -0.25) is 4.79 Å². The predicted octanol–water partition coefficient (Wildman–Crippen LogP) is 2.37. The van der Waals surface area contributed by atoms with E-state index in [1.54, 1.807) is 6.07 Å². The van der Waals surface area contributed by atoms with Crippen LogP contribution in [0.1, 0.15) is 20.3 Å². The van der Waals surface area contributed by atoms with Crippen LogP contribution in [-0.4, -0.2) is 23.6 Å². The maximum atomic E-state index is 11.5. The number of hydrogen-bond acceptors (Lipinski definition) is 3. The molecule has 0 saturated heterocycles. The topological polar surface area (TPSA) is 61.4 Å². The second-order valence-electron chi connectivity index (χ2n) is 4.07. The quantitative estimate of drug-likeness (QED) is 0.709. The fourth-order valence-corrected chi connectivity index (χ4v) is 1.46. The summed E-state index contributed by atoms with van der Waals surface area (Å²) in [6.45, 7) is 4.69. The average molecular weight is 257 g/mol. The first-order valence-corrected chi connectivity index (χ1v) is 5.88. The molecule has 1 amide bonds. The van der Waals surface area contributed by atoms with Crippen LogP contribution >= 0.6 is 11.6 Å². The van der Waals surface area contributed by atoms with Crippen LogP contribution in [0, 0.1) is 0 Å². The lowest BCUT2D eigenvalue weighted by atomic mass is 10.3. The fraction of sp³-hybridized carbons (Fsp3) is 0.417. The number of amides is 1. The van der Waals surface area contributed by atoms with Gasteiger partial charge in [0.2, 0.25) is 5.91 Å². The molecule has 0 aliphatic carbocycles. The van der Waals surface area contributed by atoms with Crippen LogP contribution in [0.5, 0.6) is 5.75 Å². The maximum Gasteiger partial charge on any atom is 0.225 e. The van der Waals surface area contributed by atoms with E-state index in [-0.39, 0.29) is 16.7 Å². The molecule has 94 valence electrons. The standard InChI is InChI=1S/C12H17ClN2O2/c1-8(2)14-6-5-12(17)15-9-3-4-11(16)10(13)7-9/h3-4,7-8,14,16H,5-6H2,1-2H3,(H,15,17). The van der Waals surface area contributed by atoms with E-state index < -0.39 is 0 Å². The molecule has 0 radical (unpaired) electrons. The van der Waals surface area contributed by atoms with E-state index in [9.17, 15) is 9.90 Å². The third kappa shape index (κ3) is 5.06. The molecule has 1 rings (SSSR count). The average Bonchev–Trinajstić information content (AvgIpc) is 2.23. The highest BCUT2D eigenvalue weighted by Gasteiger charge is 2.04. The molecule has 0 saturated carbocycles. The van der Waals surface area contributed by atoms with E-state index in [0.29, 0.717) is 24.7 Å². The van der Waals surface area contributed by atoms with Crippen molar-refractivity contribution in [3.63, 3.8) is 0 Å². The number of nitrogens with one attached hydrogen (secondary N) is 2. The third-order valence-corrected chi connectivity index (χ3v) is 2.44. The molecule has 0 aliphatic rings. The third-order valence-electron chi connectivity index (χ3n) is 2.14. The van der Waals surface area contributed by atoms with E-state index in [1.807, 2.05) is 13.8 Å². The van der Waals surface area contributed by atoms with E-state index in [4.69, 9.17) is 11.6 Å². The van der Waals surface area contributed by atoms with Gasteiger partial charge >= 0.3 is 0 Å². The molecule has 0 bridgehead atoms. The van der Waals surface area contributed by atoms with E-state index >= 15 is 0 Å². The van der Waals surface area contributed by atoms with Gasteiger partial charge in [-0.2, -0.15) is 0 Å². The van der Waals surface area contributed by atoms with Gasteiger partial charge in [-0.05, 0) is 18.2 Å².